The Hall–Kier alpha value is -2.81. The quantitative estimate of drug-likeness (QED) is 0.786. The van der Waals surface area contributed by atoms with Gasteiger partial charge in [0.1, 0.15) is 5.69 Å². The molecule has 2 aromatic rings. The van der Waals surface area contributed by atoms with Crippen LogP contribution in [0.2, 0.25) is 0 Å². The van der Waals surface area contributed by atoms with Crippen molar-refractivity contribution in [2.45, 2.75) is 6.92 Å². The maximum absolute atomic E-state index is 12.0. The molecule has 0 aliphatic rings. The van der Waals surface area contributed by atoms with Gasteiger partial charge in [-0.05, 0) is 6.07 Å². The number of amides is 2. The molecule has 8 nitrogen and oxygen atoms in total. The highest BCUT2D eigenvalue weighted by atomic mass is 32.1. The SMILES string of the molecule is CC(=O)Nc1nc(C(=O)Nc2cnccc2C(=O)O)cs1. The smallest absolute Gasteiger partial charge is 0.337 e. The Kier molecular flexibility index (Phi) is 4.24. The van der Waals surface area contributed by atoms with Gasteiger partial charge in [0, 0.05) is 18.5 Å². The lowest BCUT2D eigenvalue weighted by Gasteiger charge is -2.05. The van der Waals surface area contributed by atoms with E-state index in [9.17, 15) is 14.4 Å². The minimum absolute atomic E-state index is 0.0731. The van der Waals surface area contributed by atoms with E-state index < -0.39 is 11.9 Å². The monoisotopic (exact) mass is 306 g/mol. The summed E-state index contributed by atoms with van der Waals surface area (Å²) in [7, 11) is 0. The highest BCUT2D eigenvalue weighted by molar-refractivity contribution is 7.14. The van der Waals surface area contributed by atoms with Crippen molar-refractivity contribution in [1.82, 2.24) is 9.97 Å². The second-order valence-electron chi connectivity index (χ2n) is 3.90. The summed E-state index contributed by atoms with van der Waals surface area (Å²) in [6.07, 6.45) is 2.55. The molecule has 108 valence electrons. The van der Waals surface area contributed by atoms with Crippen LogP contribution in [0, 0.1) is 0 Å². The van der Waals surface area contributed by atoms with Gasteiger partial charge in [-0.1, -0.05) is 0 Å². The number of carboxylic acid groups (broad SMARTS) is 1. The zero-order valence-corrected chi connectivity index (χ0v) is 11.6. The van der Waals surface area contributed by atoms with E-state index >= 15 is 0 Å². The highest BCUT2D eigenvalue weighted by Crippen LogP contribution is 2.18. The number of hydrogen-bond donors (Lipinski definition) is 3. The van der Waals surface area contributed by atoms with Crippen molar-refractivity contribution in [2.24, 2.45) is 0 Å². The molecule has 2 amide bonds. The molecule has 0 atom stereocenters. The Morgan fingerprint density at radius 1 is 1.29 bits per heavy atom. The lowest BCUT2D eigenvalue weighted by molar-refractivity contribution is -0.114. The van der Waals surface area contributed by atoms with Crippen LogP contribution in [0.4, 0.5) is 10.8 Å². The number of nitrogens with zero attached hydrogens (tertiary/aromatic N) is 2. The third-order valence-corrected chi connectivity index (χ3v) is 3.08. The lowest BCUT2D eigenvalue weighted by atomic mass is 10.2. The van der Waals surface area contributed by atoms with Gasteiger partial charge in [-0.15, -0.1) is 11.3 Å². The number of carboxylic acids is 1. The number of pyridine rings is 1. The van der Waals surface area contributed by atoms with Crippen LogP contribution in [0.25, 0.3) is 0 Å². The zero-order chi connectivity index (χ0) is 15.4. The fourth-order valence-electron chi connectivity index (χ4n) is 1.45. The molecule has 0 fully saturated rings. The second-order valence-corrected chi connectivity index (χ2v) is 4.76. The van der Waals surface area contributed by atoms with Crippen LogP contribution in [0.1, 0.15) is 27.8 Å². The predicted molar refractivity (Wildman–Crippen MR) is 75.6 cm³/mol. The van der Waals surface area contributed by atoms with Crippen molar-refractivity contribution < 1.29 is 19.5 Å². The molecule has 0 aromatic carbocycles. The molecule has 0 bridgehead atoms. The van der Waals surface area contributed by atoms with E-state index in [1.54, 1.807) is 0 Å². The number of thiazole rings is 1. The predicted octanol–water partition coefficient (Wildman–Crippen LogP) is 1.45. The van der Waals surface area contributed by atoms with Gasteiger partial charge in [-0.3, -0.25) is 14.6 Å². The normalized spacial score (nSPS) is 9.95. The van der Waals surface area contributed by atoms with Gasteiger partial charge in [0.15, 0.2) is 5.13 Å². The van der Waals surface area contributed by atoms with Crippen molar-refractivity contribution in [1.29, 1.82) is 0 Å². The third kappa shape index (κ3) is 3.60. The Morgan fingerprint density at radius 3 is 2.71 bits per heavy atom. The molecule has 0 saturated heterocycles. The van der Waals surface area contributed by atoms with Gasteiger partial charge in [0.2, 0.25) is 5.91 Å². The maximum atomic E-state index is 12.0. The Balaban J connectivity index is 2.17. The van der Waals surface area contributed by atoms with Crippen LogP contribution < -0.4 is 10.6 Å². The van der Waals surface area contributed by atoms with E-state index in [2.05, 4.69) is 20.6 Å². The van der Waals surface area contributed by atoms with Crippen molar-refractivity contribution in [3.8, 4) is 0 Å². The summed E-state index contributed by atoms with van der Waals surface area (Å²) in [5.74, 6) is -2.06. The van der Waals surface area contributed by atoms with Gasteiger partial charge in [0.05, 0.1) is 17.4 Å². The lowest BCUT2D eigenvalue weighted by Crippen LogP contribution is -2.15. The van der Waals surface area contributed by atoms with Crippen LogP contribution in [0.15, 0.2) is 23.8 Å². The molecule has 0 aliphatic heterocycles. The van der Waals surface area contributed by atoms with Gasteiger partial charge < -0.3 is 15.7 Å². The van der Waals surface area contributed by atoms with Crippen molar-refractivity contribution >= 4 is 39.9 Å². The van der Waals surface area contributed by atoms with Gasteiger partial charge in [-0.2, -0.15) is 0 Å². The fraction of sp³-hybridized carbons (Fsp3) is 0.0833. The van der Waals surface area contributed by atoms with Gasteiger partial charge in [-0.25, -0.2) is 9.78 Å². The summed E-state index contributed by atoms with van der Waals surface area (Å²) in [5, 5.41) is 15.6. The number of anilines is 2. The molecule has 21 heavy (non-hydrogen) atoms. The number of nitrogens with one attached hydrogen (secondary N) is 2. The number of hydrogen-bond acceptors (Lipinski definition) is 6. The summed E-state index contributed by atoms with van der Waals surface area (Å²) in [5.41, 5.74) is 0.0729. The van der Waals surface area contributed by atoms with E-state index in [0.717, 1.165) is 11.3 Å². The van der Waals surface area contributed by atoms with Crippen LogP contribution in [0.5, 0.6) is 0 Å². The summed E-state index contributed by atoms with van der Waals surface area (Å²) in [6.45, 7) is 1.33. The fourth-order valence-corrected chi connectivity index (χ4v) is 2.19. The Bertz CT molecular complexity index is 713. The van der Waals surface area contributed by atoms with Gasteiger partial charge in [0.25, 0.3) is 5.91 Å². The summed E-state index contributed by atoms with van der Waals surface area (Å²) >= 11 is 1.09. The third-order valence-electron chi connectivity index (χ3n) is 2.32. The first-order chi connectivity index (χ1) is 9.97. The largest absolute Gasteiger partial charge is 0.478 e. The van der Waals surface area contributed by atoms with E-state index in [1.165, 1.54) is 30.8 Å². The van der Waals surface area contributed by atoms with Crippen molar-refractivity contribution in [2.75, 3.05) is 10.6 Å². The molecular formula is C12H10N4O4S. The number of carbonyl (C=O) groups is 3. The Labute approximate surface area is 122 Å². The first-order valence-corrected chi connectivity index (χ1v) is 6.57. The molecule has 9 heteroatoms. The summed E-state index contributed by atoms with van der Waals surface area (Å²) < 4.78 is 0. The average molecular weight is 306 g/mol. The molecule has 0 aliphatic carbocycles. The number of carbonyl (C=O) groups excluding carboxylic acids is 2. The minimum Gasteiger partial charge on any atom is -0.478 e. The van der Waals surface area contributed by atoms with Crippen LogP contribution in [-0.2, 0) is 4.79 Å². The molecule has 3 N–H and O–H groups in total. The molecule has 2 aromatic heterocycles. The molecule has 2 rings (SSSR count). The first kappa shape index (κ1) is 14.6. The van der Waals surface area contributed by atoms with Crippen LogP contribution >= 0.6 is 11.3 Å². The number of rotatable bonds is 4. The molecule has 2 heterocycles. The standard InChI is InChI=1S/C12H10N4O4S/c1-6(17)14-12-16-9(5-21-12)10(18)15-8-4-13-3-2-7(8)11(19)20/h2-5H,1H3,(H,15,18)(H,19,20)(H,14,16,17). The molecule has 0 unspecified atom stereocenters. The van der Waals surface area contributed by atoms with Crippen LogP contribution in [-0.4, -0.2) is 32.9 Å². The van der Waals surface area contributed by atoms with E-state index in [1.807, 2.05) is 0 Å². The van der Waals surface area contributed by atoms with Crippen molar-refractivity contribution in [3.63, 3.8) is 0 Å². The second kappa shape index (κ2) is 6.09. The van der Waals surface area contributed by atoms with Gasteiger partial charge >= 0.3 is 5.97 Å². The number of aromatic nitrogens is 2. The minimum atomic E-state index is -1.18. The average Bonchev–Trinajstić information content (AvgIpc) is 2.86. The molecular weight excluding hydrogens is 296 g/mol. The summed E-state index contributed by atoms with van der Waals surface area (Å²) in [6, 6.07) is 1.28. The molecule has 0 spiro atoms. The maximum Gasteiger partial charge on any atom is 0.337 e. The van der Waals surface area contributed by atoms with E-state index in [0.29, 0.717) is 0 Å². The zero-order valence-electron chi connectivity index (χ0n) is 10.8. The van der Waals surface area contributed by atoms with E-state index in [-0.39, 0.29) is 28.0 Å². The highest BCUT2D eigenvalue weighted by Gasteiger charge is 2.16. The first-order valence-electron chi connectivity index (χ1n) is 5.69. The van der Waals surface area contributed by atoms with Crippen LogP contribution in [0.3, 0.4) is 0 Å². The van der Waals surface area contributed by atoms with Crippen molar-refractivity contribution in [3.05, 3.63) is 35.1 Å². The Morgan fingerprint density at radius 2 is 2.05 bits per heavy atom. The number of aromatic carboxylic acids is 1. The molecule has 0 radical (unpaired) electrons. The topological polar surface area (TPSA) is 121 Å². The summed E-state index contributed by atoms with van der Waals surface area (Å²) in [4.78, 5) is 41.6. The molecule has 0 saturated carbocycles. The van der Waals surface area contributed by atoms with E-state index in [4.69, 9.17) is 5.11 Å².